The van der Waals surface area contributed by atoms with Gasteiger partial charge in [0.25, 0.3) is 11.5 Å². The van der Waals surface area contributed by atoms with E-state index in [9.17, 15) is 10.2 Å². The molecule has 8 aromatic carbocycles. The maximum atomic E-state index is 17.0. The predicted molar refractivity (Wildman–Crippen MR) is 312 cm³/mol. The molecular formula is C69H76F4O4Zr. The maximum Gasteiger partial charge on any atom is 0.263 e. The van der Waals surface area contributed by atoms with E-state index in [1.54, 1.807) is 0 Å². The van der Waals surface area contributed by atoms with Crippen LogP contribution in [-0.4, -0.2) is 19.7 Å². The summed E-state index contributed by atoms with van der Waals surface area (Å²) >= 11 is 0. The molecule has 0 saturated heterocycles. The first-order valence-corrected chi connectivity index (χ1v) is 25.7. The minimum absolute atomic E-state index is 0. The van der Waals surface area contributed by atoms with E-state index in [2.05, 4.69) is 83.1 Å². The van der Waals surface area contributed by atoms with Crippen molar-refractivity contribution in [3.05, 3.63) is 229 Å². The van der Waals surface area contributed by atoms with Crippen LogP contribution in [0.4, 0.5) is 17.6 Å². The second-order valence-corrected chi connectivity index (χ2v) is 23.8. The van der Waals surface area contributed by atoms with Crippen LogP contribution in [0.3, 0.4) is 0 Å². The van der Waals surface area contributed by atoms with Crippen molar-refractivity contribution in [2.24, 2.45) is 0 Å². The van der Waals surface area contributed by atoms with E-state index < -0.39 is 35.5 Å². The number of benzene rings is 8. The third-order valence-corrected chi connectivity index (χ3v) is 14.0. The first-order chi connectivity index (χ1) is 35.2. The summed E-state index contributed by atoms with van der Waals surface area (Å²) in [7, 11) is 0. The summed E-state index contributed by atoms with van der Waals surface area (Å²) < 4.78 is 75.2. The third kappa shape index (κ3) is 13.5. The van der Waals surface area contributed by atoms with Crippen molar-refractivity contribution in [1.82, 2.24) is 0 Å². The molecule has 0 spiro atoms. The maximum absolute atomic E-state index is 17.0. The SMILES string of the molecule is CC(C)(C)c1cccc(C(C)(C)C)c1-c1cc(O)c(-c2cc(F)ccc2[OH+][C@@H](C[C@@H]([OH+]c2ccc(F)cc2-c2cc(F)cc(-c3c(C(C)(C)C)cccc3C(C)(C)C)c2O)c2ccccc2)c2ccccc2)cc1F.[CH3-].[CH3-].[Zr]. The Labute approximate surface area is 480 Å². The Bertz CT molecular complexity index is 3300. The number of aliphatic hydroxyl groups is 2. The molecular weight excluding hydrogens is 1060 g/mol. The number of ether oxygens (including phenoxy) is 2. The molecule has 78 heavy (non-hydrogen) atoms. The van der Waals surface area contributed by atoms with Gasteiger partial charge in [-0.2, -0.15) is 0 Å². The van der Waals surface area contributed by atoms with Crippen LogP contribution in [0.25, 0.3) is 44.5 Å². The molecule has 2 atom stereocenters. The van der Waals surface area contributed by atoms with Gasteiger partial charge in [0.1, 0.15) is 41.2 Å². The summed E-state index contributed by atoms with van der Waals surface area (Å²) in [4.78, 5) is 0. The van der Waals surface area contributed by atoms with Crippen LogP contribution in [-0.2, 0) is 47.9 Å². The van der Waals surface area contributed by atoms with Crippen LogP contribution in [0, 0.1) is 38.1 Å². The molecule has 0 saturated carbocycles. The van der Waals surface area contributed by atoms with Crippen LogP contribution in [0.15, 0.2) is 158 Å². The van der Waals surface area contributed by atoms with Gasteiger partial charge in [-0.15, -0.1) is 0 Å². The van der Waals surface area contributed by atoms with Crippen molar-refractivity contribution < 1.29 is 63.5 Å². The minimum Gasteiger partial charge on any atom is -0.577 e. The molecule has 0 radical (unpaired) electrons. The van der Waals surface area contributed by atoms with Crippen molar-refractivity contribution in [2.75, 3.05) is 0 Å². The van der Waals surface area contributed by atoms with Gasteiger partial charge in [0.2, 0.25) is 12.2 Å². The number of hydrogen-bond donors (Lipinski definition) is 2. The molecule has 4 nitrogen and oxygen atoms in total. The minimum atomic E-state index is -0.678. The van der Waals surface area contributed by atoms with Crippen LogP contribution >= 0.6 is 0 Å². The number of rotatable bonds is 12. The molecule has 0 bridgehead atoms. The zero-order chi connectivity index (χ0) is 54.4. The zero-order valence-corrected chi connectivity index (χ0v) is 50.1. The molecule has 8 aromatic rings. The van der Waals surface area contributed by atoms with Crippen molar-refractivity contribution in [1.29, 1.82) is 0 Å². The molecule has 0 amide bonds. The van der Waals surface area contributed by atoms with Gasteiger partial charge in [0.15, 0.2) is 0 Å². The Morgan fingerprint density at radius 1 is 0.385 bits per heavy atom. The monoisotopic (exact) mass is 1130 g/mol. The van der Waals surface area contributed by atoms with E-state index in [0.717, 1.165) is 33.4 Å². The normalized spacial score (nSPS) is 12.6. The quantitative estimate of drug-likeness (QED) is 0.0727. The smallest absolute Gasteiger partial charge is 0.263 e. The van der Waals surface area contributed by atoms with E-state index in [0.29, 0.717) is 28.2 Å². The first-order valence-electron chi connectivity index (χ1n) is 25.7. The second-order valence-electron chi connectivity index (χ2n) is 23.8. The van der Waals surface area contributed by atoms with Gasteiger partial charge in [-0.3, -0.25) is 0 Å². The van der Waals surface area contributed by atoms with E-state index >= 15 is 17.6 Å². The number of phenols is 2. The fraction of sp³-hybridized carbons (Fsp3) is 0.275. The van der Waals surface area contributed by atoms with Gasteiger partial charge < -0.3 is 34.5 Å². The summed E-state index contributed by atoms with van der Waals surface area (Å²) in [5.41, 5.74) is 6.26. The predicted octanol–water partition coefficient (Wildman–Crippen LogP) is 19.5. The summed E-state index contributed by atoms with van der Waals surface area (Å²) in [5.74, 6) is -2.24. The van der Waals surface area contributed by atoms with Crippen molar-refractivity contribution in [3.8, 4) is 67.5 Å². The topological polar surface area (TPSA) is 66.1 Å². The van der Waals surface area contributed by atoms with E-state index in [4.69, 9.17) is 9.47 Å². The van der Waals surface area contributed by atoms with E-state index in [-0.39, 0.29) is 108 Å². The van der Waals surface area contributed by atoms with Gasteiger partial charge in [0, 0.05) is 71.7 Å². The molecule has 0 aliphatic carbocycles. The fourth-order valence-corrected chi connectivity index (χ4v) is 10.2. The number of halogens is 4. The Balaban J connectivity index is 0.00000374. The standard InChI is InChI=1S/C67H68F4O4.2CH3.Zr/c1-64(2,3)51-25-19-26-52(65(4,5)6)61(51)49-38-56(72)45(37-55(49)71)46-33-42(68)29-31-57(46)74-59(40-21-15-13-16-22-40)39-60(41-23-17-14-18-24-41)75-58-32-30-43(69)34-47(58)48-35-44(70)36-50(63(48)73)62-53(66(7,8)9)27-20-28-54(62)67(10,11)12;;;/h13-38,59-60,72-73H,39H2,1-12H3;2*1H3;/q;2*-1;/p+2/t59-,60+;;;/m0.../s1. The molecule has 0 fully saturated rings. The van der Waals surface area contributed by atoms with Gasteiger partial charge in [-0.05, 0) is 128 Å². The van der Waals surface area contributed by atoms with Gasteiger partial charge in [-0.1, -0.05) is 156 Å². The molecule has 9 heteroatoms. The number of phenolic OH excluding ortho intramolecular Hbond substituents is 2. The van der Waals surface area contributed by atoms with Crippen molar-refractivity contribution in [3.63, 3.8) is 0 Å². The molecule has 408 valence electrons. The Morgan fingerprint density at radius 2 is 0.744 bits per heavy atom. The van der Waals surface area contributed by atoms with Gasteiger partial charge in [0.05, 0.1) is 11.1 Å². The number of aromatic hydroxyl groups is 4. The zero-order valence-electron chi connectivity index (χ0n) is 47.7. The average Bonchev–Trinajstić information content (AvgIpc) is 3.36. The summed E-state index contributed by atoms with van der Waals surface area (Å²) in [6, 6.07) is 44.5. The summed E-state index contributed by atoms with van der Waals surface area (Å²) in [5, 5.41) is 24.4. The van der Waals surface area contributed by atoms with E-state index in [1.165, 1.54) is 60.7 Å². The molecule has 4 N–H and O–H groups in total. The molecule has 0 aromatic heterocycles. The average molecular weight is 1140 g/mol. The third-order valence-electron chi connectivity index (χ3n) is 14.0. The Kier molecular flexibility index (Phi) is 19.4. The first kappa shape index (κ1) is 62.4. The molecule has 8 rings (SSSR count). The van der Waals surface area contributed by atoms with Crippen molar-refractivity contribution >= 4 is 0 Å². The van der Waals surface area contributed by atoms with Crippen molar-refractivity contribution in [2.45, 2.75) is 123 Å². The fourth-order valence-electron chi connectivity index (χ4n) is 10.2. The number of hydrogen-bond acceptors (Lipinski definition) is 2. The second kappa shape index (κ2) is 24.3. The Hall–Kier alpha value is -6.44. The summed E-state index contributed by atoms with van der Waals surface area (Å²) in [6.45, 7) is 24.9. The van der Waals surface area contributed by atoms with E-state index in [1.807, 2.05) is 97.1 Å². The van der Waals surface area contributed by atoms with Crippen LogP contribution in [0.5, 0.6) is 23.0 Å². The molecule has 0 heterocycles. The molecule has 0 unspecified atom stereocenters. The largest absolute Gasteiger partial charge is 0.577 e. The van der Waals surface area contributed by atoms with Gasteiger partial charge in [-0.25, -0.2) is 17.6 Å². The molecule has 0 aliphatic heterocycles. The molecule has 0 aliphatic rings. The Morgan fingerprint density at radius 3 is 1.14 bits per heavy atom. The summed E-state index contributed by atoms with van der Waals surface area (Å²) in [6.07, 6.45) is -1.14. The van der Waals surface area contributed by atoms with Gasteiger partial charge >= 0.3 is 0 Å². The van der Waals surface area contributed by atoms with Crippen LogP contribution in [0.2, 0.25) is 0 Å². The van der Waals surface area contributed by atoms with Crippen LogP contribution < -0.4 is 0 Å². The van der Waals surface area contributed by atoms with Crippen LogP contribution in [0.1, 0.15) is 135 Å².